The molecule has 4 nitrogen and oxygen atoms in total. The van der Waals surface area contributed by atoms with E-state index in [-0.39, 0.29) is 37.0 Å². The second-order valence-corrected chi connectivity index (χ2v) is 6.45. The van der Waals surface area contributed by atoms with Gasteiger partial charge < -0.3 is 9.47 Å². The summed E-state index contributed by atoms with van der Waals surface area (Å²) in [5.41, 5.74) is 0.416. The Morgan fingerprint density at radius 1 is 0.909 bits per heavy atom. The molecule has 0 aromatic heterocycles. The summed E-state index contributed by atoms with van der Waals surface area (Å²) in [6, 6.07) is 9.66. The lowest BCUT2D eigenvalue weighted by Gasteiger charge is -2.29. The fraction of sp³-hybridized carbons (Fsp3) is 0.556. The number of hydrogen-bond acceptors (Lipinski definition) is 4. The van der Waals surface area contributed by atoms with E-state index in [4.69, 9.17) is 9.47 Å². The molecule has 122 valence electrons. The van der Waals surface area contributed by atoms with E-state index in [0.717, 1.165) is 5.56 Å². The number of carbonyl (C=O) groups excluding carboxylic acids is 2. The van der Waals surface area contributed by atoms with Crippen LogP contribution in [-0.4, -0.2) is 25.2 Å². The van der Waals surface area contributed by atoms with Gasteiger partial charge in [-0.05, 0) is 12.5 Å². The maximum absolute atomic E-state index is 11.7. The van der Waals surface area contributed by atoms with E-state index in [2.05, 4.69) is 0 Å². The van der Waals surface area contributed by atoms with E-state index in [1.54, 1.807) is 27.7 Å². The first kappa shape index (κ1) is 18.2. The molecule has 0 aliphatic rings. The molecule has 0 spiro atoms. The van der Waals surface area contributed by atoms with Crippen LogP contribution in [0.15, 0.2) is 30.3 Å². The third-order valence-corrected chi connectivity index (χ3v) is 3.48. The minimum Gasteiger partial charge on any atom is -0.464 e. The highest BCUT2D eigenvalue weighted by Gasteiger charge is 2.31. The molecule has 0 saturated carbocycles. The largest absolute Gasteiger partial charge is 0.464 e. The summed E-state index contributed by atoms with van der Waals surface area (Å²) in [6.07, 6.45) is 0. The summed E-state index contributed by atoms with van der Waals surface area (Å²) < 4.78 is 10.8. The zero-order valence-corrected chi connectivity index (χ0v) is 14.1. The van der Waals surface area contributed by atoms with Crippen molar-refractivity contribution in [2.75, 3.05) is 13.2 Å². The van der Waals surface area contributed by atoms with Crippen molar-refractivity contribution in [2.45, 2.75) is 40.0 Å². The van der Waals surface area contributed by atoms with Gasteiger partial charge in [-0.3, -0.25) is 9.59 Å². The van der Waals surface area contributed by atoms with Crippen molar-refractivity contribution < 1.29 is 19.1 Å². The van der Waals surface area contributed by atoms with E-state index >= 15 is 0 Å². The van der Waals surface area contributed by atoms with Crippen molar-refractivity contribution in [3.8, 4) is 0 Å². The molecule has 0 aliphatic heterocycles. The minimum atomic E-state index is -0.559. The quantitative estimate of drug-likeness (QED) is 0.725. The van der Waals surface area contributed by atoms with Gasteiger partial charge in [-0.2, -0.15) is 0 Å². The van der Waals surface area contributed by atoms with E-state index < -0.39 is 5.41 Å². The van der Waals surface area contributed by atoms with Crippen LogP contribution in [0, 0.1) is 11.8 Å². The molecule has 4 heteroatoms. The van der Waals surface area contributed by atoms with Crippen LogP contribution in [-0.2, 0) is 24.5 Å². The Balaban J connectivity index is 2.85. The minimum absolute atomic E-state index is 0.180. The zero-order valence-electron chi connectivity index (χ0n) is 14.1. The van der Waals surface area contributed by atoms with Crippen molar-refractivity contribution in [1.82, 2.24) is 0 Å². The monoisotopic (exact) mass is 306 g/mol. The van der Waals surface area contributed by atoms with Crippen molar-refractivity contribution in [2.24, 2.45) is 11.8 Å². The molecule has 22 heavy (non-hydrogen) atoms. The normalized spacial score (nSPS) is 11.6. The number of ether oxygens (including phenoxy) is 2. The van der Waals surface area contributed by atoms with Gasteiger partial charge in [0.2, 0.25) is 0 Å². The number of rotatable bonds is 7. The van der Waals surface area contributed by atoms with Gasteiger partial charge in [0, 0.05) is 0 Å². The van der Waals surface area contributed by atoms with Crippen LogP contribution in [0.5, 0.6) is 0 Å². The van der Waals surface area contributed by atoms with Gasteiger partial charge >= 0.3 is 11.9 Å². The van der Waals surface area contributed by atoms with Gasteiger partial charge in [-0.25, -0.2) is 0 Å². The fourth-order valence-electron chi connectivity index (χ4n) is 1.84. The highest BCUT2D eigenvalue weighted by atomic mass is 16.5. The molecule has 0 radical (unpaired) electrons. The Hall–Kier alpha value is -1.84. The average Bonchev–Trinajstić information content (AvgIpc) is 2.50. The first-order chi connectivity index (χ1) is 10.3. The number of benzene rings is 1. The van der Waals surface area contributed by atoms with E-state index in [1.807, 2.05) is 37.3 Å². The lowest BCUT2D eigenvalue weighted by molar-refractivity contribution is -0.153. The summed E-state index contributed by atoms with van der Waals surface area (Å²) in [5, 5.41) is 0. The molecule has 0 unspecified atom stereocenters. The Labute approximate surface area is 132 Å². The molecule has 0 fully saturated rings. The van der Waals surface area contributed by atoms with Crippen LogP contribution >= 0.6 is 0 Å². The summed E-state index contributed by atoms with van der Waals surface area (Å²) >= 11 is 0. The second-order valence-electron chi connectivity index (χ2n) is 6.45. The fourth-order valence-corrected chi connectivity index (χ4v) is 1.84. The van der Waals surface area contributed by atoms with Gasteiger partial charge in [0.1, 0.15) is 13.2 Å². The third kappa shape index (κ3) is 5.17. The van der Waals surface area contributed by atoms with Crippen LogP contribution in [0.2, 0.25) is 0 Å². The summed E-state index contributed by atoms with van der Waals surface area (Å²) in [4.78, 5) is 23.5. The molecule has 0 atom stereocenters. The molecule has 1 rings (SSSR count). The highest BCUT2D eigenvalue weighted by Crippen LogP contribution is 2.25. The lowest BCUT2D eigenvalue weighted by Crippen LogP contribution is -2.37. The molecule has 0 aliphatic carbocycles. The van der Waals surface area contributed by atoms with E-state index in [0.29, 0.717) is 0 Å². The van der Waals surface area contributed by atoms with Crippen molar-refractivity contribution >= 4 is 11.9 Å². The summed E-state index contributed by atoms with van der Waals surface area (Å²) in [5.74, 6) is -0.869. The summed E-state index contributed by atoms with van der Waals surface area (Å²) in [7, 11) is 0. The van der Waals surface area contributed by atoms with Crippen LogP contribution in [0.3, 0.4) is 0 Å². The second kappa shape index (κ2) is 7.97. The predicted molar refractivity (Wildman–Crippen MR) is 85.4 cm³/mol. The van der Waals surface area contributed by atoms with Crippen LogP contribution in [0.1, 0.15) is 40.2 Å². The molecular formula is C18H26O4. The number of hydrogen-bond donors (Lipinski definition) is 0. The van der Waals surface area contributed by atoms with Gasteiger partial charge in [-0.1, -0.05) is 58.0 Å². The Kier molecular flexibility index (Phi) is 6.60. The smallest absolute Gasteiger partial charge is 0.308 e. The summed E-state index contributed by atoms with van der Waals surface area (Å²) in [6.45, 7) is 9.46. The molecule has 1 aromatic rings. The van der Waals surface area contributed by atoms with Gasteiger partial charge in [0.05, 0.1) is 17.3 Å². The average molecular weight is 306 g/mol. The van der Waals surface area contributed by atoms with Crippen LogP contribution < -0.4 is 0 Å². The number of carbonyl (C=O) groups is 2. The highest BCUT2D eigenvalue weighted by molar-refractivity contribution is 5.72. The predicted octanol–water partition coefficient (Wildman–Crippen LogP) is 3.34. The van der Waals surface area contributed by atoms with E-state index in [1.165, 1.54) is 0 Å². The Morgan fingerprint density at radius 2 is 1.32 bits per heavy atom. The molecule has 0 saturated heterocycles. The maximum Gasteiger partial charge on any atom is 0.308 e. The maximum atomic E-state index is 11.7. The van der Waals surface area contributed by atoms with Gasteiger partial charge in [0.15, 0.2) is 0 Å². The molecule has 0 bridgehead atoms. The molecule has 0 amide bonds. The van der Waals surface area contributed by atoms with E-state index in [9.17, 15) is 9.59 Å². The van der Waals surface area contributed by atoms with Crippen LogP contribution in [0.25, 0.3) is 0 Å². The molecule has 1 aromatic carbocycles. The van der Waals surface area contributed by atoms with Crippen LogP contribution in [0.4, 0.5) is 0 Å². The van der Waals surface area contributed by atoms with Gasteiger partial charge in [-0.15, -0.1) is 0 Å². The SMILES string of the molecule is CC(C)C(=O)OCC(C)(COC(=O)C(C)C)c1ccccc1. The zero-order chi connectivity index (χ0) is 16.8. The Bertz CT molecular complexity index is 467. The Morgan fingerprint density at radius 3 is 1.68 bits per heavy atom. The van der Waals surface area contributed by atoms with Crippen molar-refractivity contribution in [3.05, 3.63) is 35.9 Å². The molecule has 0 heterocycles. The third-order valence-electron chi connectivity index (χ3n) is 3.48. The van der Waals surface area contributed by atoms with Crippen molar-refractivity contribution in [3.63, 3.8) is 0 Å². The van der Waals surface area contributed by atoms with Crippen molar-refractivity contribution in [1.29, 1.82) is 0 Å². The topological polar surface area (TPSA) is 52.6 Å². The standard InChI is InChI=1S/C18H26O4/c1-13(2)16(19)21-11-18(5,12-22-17(20)14(3)4)15-9-7-6-8-10-15/h6-10,13-14H,11-12H2,1-5H3. The van der Waals surface area contributed by atoms with Gasteiger partial charge in [0.25, 0.3) is 0 Å². The molecular weight excluding hydrogens is 280 g/mol. The first-order valence-electron chi connectivity index (χ1n) is 7.65. The number of esters is 2. The lowest BCUT2D eigenvalue weighted by atomic mass is 9.84. The first-order valence-corrected chi connectivity index (χ1v) is 7.65. The molecule has 0 N–H and O–H groups in total.